The van der Waals surface area contributed by atoms with E-state index in [-0.39, 0.29) is 18.4 Å². The van der Waals surface area contributed by atoms with E-state index in [1.165, 1.54) is 0 Å². The van der Waals surface area contributed by atoms with E-state index in [0.717, 1.165) is 24.5 Å². The van der Waals surface area contributed by atoms with Crippen molar-refractivity contribution in [3.8, 4) is 0 Å². The molecule has 0 saturated carbocycles. The van der Waals surface area contributed by atoms with Crippen molar-refractivity contribution in [2.75, 3.05) is 33.3 Å². The van der Waals surface area contributed by atoms with Gasteiger partial charge in [-0.15, -0.1) is 5.10 Å². The molecule has 4 heterocycles. The molecule has 24 heavy (non-hydrogen) atoms. The first-order valence-corrected chi connectivity index (χ1v) is 8.31. The molecule has 2 saturated heterocycles. The number of carbonyl (C=O) groups is 1. The molecule has 2 aromatic rings. The first-order chi connectivity index (χ1) is 11.5. The fourth-order valence-corrected chi connectivity index (χ4v) is 3.59. The second-order valence-corrected chi connectivity index (χ2v) is 6.71. The third-order valence-corrected chi connectivity index (χ3v) is 4.90. The molecule has 0 aliphatic carbocycles. The van der Waals surface area contributed by atoms with Crippen LogP contribution in [-0.2, 0) is 16.0 Å². The standard InChI is InChI=1S/C16H22N6O2/c1-10-6-11(2)22-16(17-10)18-14(19-22)7-15(23)21-8-12-13(9-21)24-5-4-20(12)3/h6,12-13H,4-5,7-9H2,1-3H3/t12-,13+/m0/s1. The lowest BCUT2D eigenvalue weighted by Gasteiger charge is -2.33. The first kappa shape index (κ1) is 15.5. The van der Waals surface area contributed by atoms with Crippen LogP contribution in [0.15, 0.2) is 6.07 Å². The summed E-state index contributed by atoms with van der Waals surface area (Å²) in [4.78, 5) is 25.6. The highest BCUT2D eigenvalue weighted by atomic mass is 16.5. The third-order valence-electron chi connectivity index (χ3n) is 4.90. The number of fused-ring (bicyclic) bond motifs is 2. The molecule has 2 aliphatic heterocycles. The largest absolute Gasteiger partial charge is 0.373 e. The first-order valence-electron chi connectivity index (χ1n) is 8.31. The van der Waals surface area contributed by atoms with Gasteiger partial charge in [-0.1, -0.05) is 0 Å². The van der Waals surface area contributed by atoms with E-state index in [9.17, 15) is 4.79 Å². The second-order valence-electron chi connectivity index (χ2n) is 6.71. The number of aryl methyl sites for hydroxylation is 2. The molecule has 0 radical (unpaired) electrons. The van der Waals surface area contributed by atoms with Crippen LogP contribution in [0.5, 0.6) is 0 Å². The number of morpholine rings is 1. The molecular formula is C16H22N6O2. The lowest BCUT2D eigenvalue weighted by Crippen LogP contribution is -2.48. The van der Waals surface area contributed by atoms with E-state index in [2.05, 4.69) is 27.0 Å². The van der Waals surface area contributed by atoms with Crippen LogP contribution in [0.3, 0.4) is 0 Å². The Balaban J connectivity index is 1.49. The smallest absolute Gasteiger partial charge is 0.252 e. The minimum absolute atomic E-state index is 0.0479. The van der Waals surface area contributed by atoms with Gasteiger partial charge in [0.25, 0.3) is 5.78 Å². The van der Waals surface area contributed by atoms with Gasteiger partial charge in [-0.2, -0.15) is 4.98 Å². The number of likely N-dealkylation sites (N-methyl/N-ethyl adjacent to an activating group) is 1. The number of hydrogen-bond acceptors (Lipinski definition) is 6. The molecule has 2 aliphatic rings. The van der Waals surface area contributed by atoms with Crippen LogP contribution < -0.4 is 0 Å². The van der Waals surface area contributed by atoms with Crippen LogP contribution in [0.25, 0.3) is 5.78 Å². The Morgan fingerprint density at radius 3 is 2.96 bits per heavy atom. The molecule has 0 unspecified atom stereocenters. The molecule has 8 nitrogen and oxygen atoms in total. The summed E-state index contributed by atoms with van der Waals surface area (Å²) >= 11 is 0. The second kappa shape index (κ2) is 5.78. The Labute approximate surface area is 140 Å². The summed E-state index contributed by atoms with van der Waals surface area (Å²) < 4.78 is 7.49. The van der Waals surface area contributed by atoms with E-state index >= 15 is 0 Å². The van der Waals surface area contributed by atoms with Gasteiger partial charge >= 0.3 is 0 Å². The minimum atomic E-state index is 0.0479. The highest BCUT2D eigenvalue weighted by molar-refractivity contribution is 5.78. The molecule has 0 bridgehead atoms. The van der Waals surface area contributed by atoms with Gasteiger partial charge in [0.05, 0.1) is 25.2 Å². The molecule has 0 spiro atoms. The van der Waals surface area contributed by atoms with Crippen LogP contribution in [0.2, 0.25) is 0 Å². The van der Waals surface area contributed by atoms with Crippen LogP contribution in [0, 0.1) is 13.8 Å². The van der Waals surface area contributed by atoms with E-state index in [1.807, 2.05) is 24.8 Å². The van der Waals surface area contributed by atoms with Gasteiger partial charge in [0, 0.05) is 31.0 Å². The highest BCUT2D eigenvalue weighted by Gasteiger charge is 2.40. The molecule has 4 rings (SSSR count). The molecule has 2 atom stereocenters. The minimum Gasteiger partial charge on any atom is -0.373 e. The van der Waals surface area contributed by atoms with Crippen LogP contribution in [0.4, 0.5) is 0 Å². The summed E-state index contributed by atoms with van der Waals surface area (Å²) in [5.74, 6) is 1.12. The summed E-state index contributed by atoms with van der Waals surface area (Å²) in [6.45, 7) is 6.90. The summed E-state index contributed by atoms with van der Waals surface area (Å²) in [6.07, 6.45) is 0.318. The number of hydrogen-bond donors (Lipinski definition) is 0. The fraction of sp³-hybridized carbons (Fsp3) is 0.625. The molecule has 2 fully saturated rings. The van der Waals surface area contributed by atoms with Gasteiger partial charge in [0.15, 0.2) is 5.82 Å². The molecule has 2 aromatic heterocycles. The monoisotopic (exact) mass is 330 g/mol. The number of aromatic nitrogens is 4. The predicted molar refractivity (Wildman–Crippen MR) is 86.7 cm³/mol. The zero-order valence-corrected chi connectivity index (χ0v) is 14.3. The summed E-state index contributed by atoms with van der Waals surface area (Å²) in [5, 5.41) is 4.42. The van der Waals surface area contributed by atoms with E-state index in [1.54, 1.807) is 4.52 Å². The zero-order chi connectivity index (χ0) is 16.8. The molecule has 1 amide bonds. The summed E-state index contributed by atoms with van der Waals surface area (Å²) in [5.41, 5.74) is 1.86. The van der Waals surface area contributed by atoms with Crippen molar-refractivity contribution in [3.63, 3.8) is 0 Å². The van der Waals surface area contributed by atoms with Crippen LogP contribution in [-0.4, -0.2) is 80.7 Å². The van der Waals surface area contributed by atoms with Gasteiger partial charge in [0.2, 0.25) is 5.91 Å². The van der Waals surface area contributed by atoms with Crippen LogP contribution >= 0.6 is 0 Å². The Morgan fingerprint density at radius 1 is 1.33 bits per heavy atom. The number of amides is 1. The third kappa shape index (κ3) is 2.65. The average Bonchev–Trinajstić information content (AvgIpc) is 3.11. The van der Waals surface area contributed by atoms with Crippen molar-refractivity contribution in [2.45, 2.75) is 32.4 Å². The van der Waals surface area contributed by atoms with Crippen molar-refractivity contribution < 1.29 is 9.53 Å². The fourth-order valence-electron chi connectivity index (χ4n) is 3.59. The predicted octanol–water partition coefficient (Wildman–Crippen LogP) is -0.175. The van der Waals surface area contributed by atoms with Crippen molar-refractivity contribution in [1.82, 2.24) is 29.4 Å². The summed E-state index contributed by atoms with van der Waals surface area (Å²) in [6, 6.07) is 2.24. The van der Waals surface area contributed by atoms with E-state index in [4.69, 9.17) is 4.74 Å². The number of carbonyl (C=O) groups excluding carboxylic acids is 1. The molecule has 0 N–H and O–H groups in total. The topological polar surface area (TPSA) is 75.9 Å². The van der Waals surface area contributed by atoms with E-state index < -0.39 is 0 Å². The molecule has 128 valence electrons. The average molecular weight is 330 g/mol. The molecule has 8 heteroatoms. The number of ether oxygens (including phenoxy) is 1. The normalized spacial score (nSPS) is 24.5. The van der Waals surface area contributed by atoms with Gasteiger partial charge < -0.3 is 9.64 Å². The number of nitrogens with zero attached hydrogens (tertiary/aromatic N) is 6. The summed E-state index contributed by atoms with van der Waals surface area (Å²) in [7, 11) is 2.09. The van der Waals surface area contributed by atoms with Gasteiger partial charge in [-0.25, -0.2) is 9.50 Å². The Bertz CT molecular complexity index is 788. The maximum atomic E-state index is 12.6. The number of rotatable bonds is 2. The maximum Gasteiger partial charge on any atom is 0.252 e. The molecular weight excluding hydrogens is 308 g/mol. The van der Waals surface area contributed by atoms with Gasteiger partial charge in [-0.3, -0.25) is 9.69 Å². The Hall–Kier alpha value is -2.06. The van der Waals surface area contributed by atoms with E-state index in [0.29, 0.717) is 30.7 Å². The van der Waals surface area contributed by atoms with Gasteiger partial charge in [0.1, 0.15) is 0 Å². The Kier molecular flexibility index (Phi) is 3.73. The molecule has 0 aromatic carbocycles. The van der Waals surface area contributed by atoms with Gasteiger partial charge in [-0.05, 0) is 27.0 Å². The quantitative estimate of drug-likeness (QED) is 0.761. The van der Waals surface area contributed by atoms with Crippen LogP contribution in [0.1, 0.15) is 17.2 Å². The zero-order valence-electron chi connectivity index (χ0n) is 14.3. The van der Waals surface area contributed by atoms with Crippen molar-refractivity contribution in [3.05, 3.63) is 23.3 Å². The lowest BCUT2D eigenvalue weighted by molar-refractivity contribution is -0.130. The Morgan fingerprint density at radius 2 is 2.17 bits per heavy atom. The van der Waals surface area contributed by atoms with Crippen molar-refractivity contribution in [2.24, 2.45) is 0 Å². The SMILES string of the molecule is Cc1cc(C)n2nc(CC(=O)N3C[C@H]4OCCN(C)[C@H]4C3)nc2n1. The highest BCUT2D eigenvalue weighted by Crippen LogP contribution is 2.22. The number of likely N-dealkylation sites (tertiary alicyclic amines) is 1. The maximum absolute atomic E-state index is 12.6. The van der Waals surface area contributed by atoms with Crippen molar-refractivity contribution in [1.29, 1.82) is 0 Å². The van der Waals surface area contributed by atoms with Crippen molar-refractivity contribution >= 4 is 11.7 Å². The lowest BCUT2D eigenvalue weighted by atomic mass is 10.1.